The van der Waals surface area contributed by atoms with E-state index in [-0.39, 0.29) is 0 Å². The fourth-order valence-electron chi connectivity index (χ4n) is 2.84. The van der Waals surface area contributed by atoms with Crippen LogP contribution in [0.1, 0.15) is 44.6 Å². The van der Waals surface area contributed by atoms with E-state index < -0.39 is 0 Å². The summed E-state index contributed by atoms with van der Waals surface area (Å²) < 4.78 is 1.18. The fraction of sp³-hybridized carbons (Fsp3) is 0.600. The summed E-state index contributed by atoms with van der Waals surface area (Å²) in [5, 5.41) is 3.74. The highest BCUT2D eigenvalue weighted by molar-refractivity contribution is 9.10. The Balaban J connectivity index is 2.10. The van der Waals surface area contributed by atoms with E-state index in [4.69, 9.17) is 0 Å². The largest absolute Gasteiger partial charge is 0.381 e. The molecule has 94 valence electrons. The van der Waals surface area contributed by atoms with E-state index in [9.17, 15) is 0 Å². The minimum atomic E-state index is 0.659. The van der Waals surface area contributed by atoms with Crippen LogP contribution < -0.4 is 5.32 Å². The Morgan fingerprint density at radius 1 is 1.29 bits per heavy atom. The number of rotatable bonds is 3. The smallest absolute Gasteiger partial charge is 0.0489 e. The van der Waals surface area contributed by atoms with Crippen molar-refractivity contribution < 1.29 is 0 Å². The predicted molar refractivity (Wildman–Crippen MR) is 78.5 cm³/mol. The van der Waals surface area contributed by atoms with Gasteiger partial charge in [0.1, 0.15) is 0 Å². The fourth-order valence-corrected chi connectivity index (χ4v) is 3.20. The molecular weight excluding hydrogens is 274 g/mol. The molecular formula is C15H22BrN. The summed E-state index contributed by atoms with van der Waals surface area (Å²) in [4.78, 5) is 0. The van der Waals surface area contributed by atoms with Gasteiger partial charge in [-0.15, -0.1) is 0 Å². The lowest BCUT2D eigenvalue weighted by atomic mass is 9.83. The lowest BCUT2D eigenvalue weighted by molar-refractivity contribution is 0.317. The van der Waals surface area contributed by atoms with Crippen molar-refractivity contribution >= 4 is 21.6 Å². The van der Waals surface area contributed by atoms with Crippen molar-refractivity contribution in [3.05, 3.63) is 28.2 Å². The summed E-state index contributed by atoms with van der Waals surface area (Å²) in [6.07, 6.45) is 6.78. The van der Waals surface area contributed by atoms with Crippen molar-refractivity contribution in [2.24, 2.45) is 5.92 Å². The molecule has 2 unspecified atom stereocenters. The maximum atomic E-state index is 3.74. The van der Waals surface area contributed by atoms with Gasteiger partial charge in [0.15, 0.2) is 0 Å². The van der Waals surface area contributed by atoms with Gasteiger partial charge in [-0.3, -0.25) is 0 Å². The maximum absolute atomic E-state index is 3.74. The van der Waals surface area contributed by atoms with Crippen LogP contribution in [0.5, 0.6) is 0 Å². The molecule has 1 aromatic carbocycles. The summed E-state index contributed by atoms with van der Waals surface area (Å²) in [6.45, 7) is 4.46. The molecule has 1 aliphatic carbocycles. The van der Waals surface area contributed by atoms with Crippen LogP contribution in [0, 0.1) is 12.8 Å². The SMILES string of the molecule is CCC1CCCCC1Nc1cc(C)ccc1Br. The van der Waals surface area contributed by atoms with E-state index in [1.165, 1.54) is 47.8 Å². The van der Waals surface area contributed by atoms with Crippen molar-refractivity contribution in [1.29, 1.82) is 0 Å². The quantitative estimate of drug-likeness (QED) is 0.814. The van der Waals surface area contributed by atoms with Gasteiger partial charge in [-0.25, -0.2) is 0 Å². The molecule has 1 aliphatic rings. The van der Waals surface area contributed by atoms with E-state index in [1.54, 1.807) is 0 Å². The molecule has 1 fully saturated rings. The monoisotopic (exact) mass is 295 g/mol. The summed E-state index contributed by atoms with van der Waals surface area (Å²) in [5.41, 5.74) is 2.58. The Kier molecular flexibility index (Phi) is 4.49. The van der Waals surface area contributed by atoms with Gasteiger partial charge in [0, 0.05) is 16.2 Å². The Morgan fingerprint density at radius 3 is 2.82 bits per heavy atom. The minimum absolute atomic E-state index is 0.659. The average Bonchev–Trinajstić information content (AvgIpc) is 2.34. The van der Waals surface area contributed by atoms with Crippen LogP contribution in [0.3, 0.4) is 0 Å². The molecule has 17 heavy (non-hydrogen) atoms. The van der Waals surface area contributed by atoms with Crippen LogP contribution in [0.25, 0.3) is 0 Å². The molecule has 0 bridgehead atoms. The Labute approximate surface area is 113 Å². The first-order valence-electron chi connectivity index (χ1n) is 6.73. The average molecular weight is 296 g/mol. The number of anilines is 1. The van der Waals surface area contributed by atoms with Gasteiger partial charge < -0.3 is 5.32 Å². The van der Waals surface area contributed by atoms with Gasteiger partial charge in [-0.05, 0) is 59.3 Å². The Morgan fingerprint density at radius 2 is 2.06 bits per heavy atom. The predicted octanol–water partition coefficient (Wildman–Crippen LogP) is 5.14. The number of nitrogens with one attached hydrogen (secondary N) is 1. The molecule has 2 heteroatoms. The molecule has 0 heterocycles. The highest BCUT2D eigenvalue weighted by atomic mass is 79.9. The highest BCUT2D eigenvalue weighted by Crippen LogP contribution is 2.32. The second kappa shape index (κ2) is 5.90. The number of halogens is 1. The van der Waals surface area contributed by atoms with Gasteiger partial charge in [-0.2, -0.15) is 0 Å². The van der Waals surface area contributed by atoms with Crippen molar-refractivity contribution in [3.63, 3.8) is 0 Å². The normalized spacial score (nSPS) is 24.6. The standard InChI is InChI=1S/C15H22BrN/c1-3-12-6-4-5-7-14(12)17-15-10-11(2)8-9-13(15)16/h8-10,12,14,17H,3-7H2,1-2H3. The lowest BCUT2D eigenvalue weighted by Crippen LogP contribution is -2.31. The third-order valence-corrected chi connectivity index (χ3v) is 4.59. The first-order chi connectivity index (χ1) is 8.20. The van der Waals surface area contributed by atoms with Crippen LogP contribution >= 0.6 is 15.9 Å². The third kappa shape index (κ3) is 3.25. The molecule has 1 saturated carbocycles. The van der Waals surface area contributed by atoms with Crippen LogP contribution in [0.4, 0.5) is 5.69 Å². The molecule has 0 amide bonds. The molecule has 0 aromatic heterocycles. The lowest BCUT2D eigenvalue weighted by Gasteiger charge is -2.32. The van der Waals surface area contributed by atoms with Crippen molar-refractivity contribution in [1.82, 2.24) is 0 Å². The van der Waals surface area contributed by atoms with Crippen molar-refractivity contribution in [2.45, 2.75) is 52.0 Å². The minimum Gasteiger partial charge on any atom is -0.381 e. The number of hydrogen-bond acceptors (Lipinski definition) is 1. The molecule has 0 radical (unpaired) electrons. The van der Waals surface area contributed by atoms with Gasteiger partial charge in [-0.1, -0.05) is 32.3 Å². The van der Waals surface area contributed by atoms with E-state index in [0.717, 1.165) is 5.92 Å². The van der Waals surface area contributed by atoms with E-state index in [0.29, 0.717) is 6.04 Å². The molecule has 2 atom stereocenters. The Hall–Kier alpha value is -0.500. The molecule has 2 rings (SSSR count). The van der Waals surface area contributed by atoms with Gasteiger partial charge in [0.05, 0.1) is 0 Å². The molecule has 0 saturated heterocycles. The van der Waals surface area contributed by atoms with Gasteiger partial charge in [0.25, 0.3) is 0 Å². The summed E-state index contributed by atoms with van der Waals surface area (Å²) in [6, 6.07) is 7.19. The number of benzene rings is 1. The molecule has 0 aliphatic heterocycles. The maximum Gasteiger partial charge on any atom is 0.0489 e. The zero-order chi connectivity index (χ0) is 12.3. The number of hydrogen-bond donors (Lipinski definition) is 1. The first kappa shape index (κ1) is 12.9. The number of aryl methyl sites for hydroxylation is 1. The van der Waals surface area contributed by atoms with E-state index in [1.807, 2.05) is 0 Å². The molecule has 0 spiro atoms. The topological polar surface area (TPSA) is 12.0 Å². The van der Waals surface area contributed by atoms with Crippen molar-refractivity contribution in [3.8, 4) is 0 Å². The van der Waals surface area contributed by atoms with Crippen molar-refractivity contribution in [2.75, 3.05) is 5.32 Å². The van der Waals surface area contributed by atoms with Crippen LogP contribution in [-0.4, -0.2) is 6.04 Å². The van der Waals surface area contributed by atoms with Crippen LogP contribution in [0.2, 0.25) is 0 Å². The Bertz CT molecular complexity index is 375. The zero-order valence-corrected chi connectivity index (χ0v) is 12.4. The van der Waals surface area contributed by atoms with Crippen LogP contribution in [0.15, 0.2) is 22.7 Å². The van der Waals surface area contributed by atoms with Crippen LogP contribution in [-0.2, 0) is 0 Å². The molecule has 1 N–H and O–H groups in total. The van der Waals surface area contributed by atoms with E-state index in [2.05, 4.69) is 53.3 Å². The summed E-state index contributed by atoms with van der Waals surface area (Å²) in [7, 11) is 0. The second-order valence-corrected chi connectivity index (χ2v) is 6.04. The highest BCUT2D eigenvalue weighted by Gasteiger charge is 2.23. The summed E-state index contributed by atoms with van der Waals surface area (Å²) >= 11 is 3.64. The third-order valence-electron chi connectivity index (χ3n) is 3.90. The molecule has 1 nitrogen and oxygen atoms in total. The van der Waals surface area contributed by atoms with E-state index >= 15 is 0 Å². The van der Waals surface area contributed by atoms with Gasteiger partial charge in [0.2, 0.25) is 0 Å². The summed E-state index contributed by atoms with van der Waals surface area (Å²) in [5.74, 6) is 0.844. The first-order valence-corrected chi connectivity index (χ1v) is 7.52. The zero-order valence-electron chi connectivity index (χ0n) is 10.8. The van der Waals surface area contributed by atoms with Gasteiger partial charge >= 0.3 is 0 Å². The molecule has 1 aromatic rings. The second-order valence-electron chi connectivity index (χ2n) is 5.19.